The van der Waals surface area contributed by atoms with Crippen molar-refractivity contribution in [2.45, 2.75) is 52.4 Å². The monoisotopic (exact) mass is 1270 g/mol. The molecule has 0 spiro atoms. The van der Waals surface area contributed by atoms with Crippen molar-refractivity contribution in [3.05, 3.63) is 284 Å². The molecule has 0 bridgehead atoms. The van der Waals surface area contributed by atoms with Gasteiger partial charge in [0.1, 0.15) is 5.82 Å². The van der Waals surface area contributed by atoms with Gasteiger partial charge in [0, 0.05) is 49.8 Å². The Hall–Kier alpha value is -8.67. The van der Waals surface area contributed by atoms with E-state index in [2.05, 4.69) is 18.5 Å². The largest absolute Gasteiger partial charge is 0.510 e. The van der Waals surface area contributed by atoms with Crippen molar-refractivity contribution in [2.75, 3.05) is 0 Å². The van der Waals surface area contributed by atoms with Crippen LogP contribution in [0.2, 0.25) is 0 Å². The number of pyridine rings is 1. The van der Waals surface area contributed by atoms with Gasteiger partial charge >= 0.3 is 0 Å². The zero-order chi connectivity index (χ0) is 75.5. The summed E-state index contributed by atoms with van der Waals surface area (Å²) in [7, 11) is -6.20. The SMILES string of the molecule is [2H]c1c([2H])c([2H])c(-c2cnc(-n3c4[c-]c(Oc5[c-]c(-n6[c-][n+](-c7c(-c8c([2H])c([2H])c([2H])c([Si](c9c([2H])c([2H])c([2H])c([2H])c9[2H])(c9c([2H])c([2H])c([2H])c([2H])c9[2H])c9c([2H])c([2H])c([2H])c([2H])c9[2H])c8[2H])cccc7C(C)(C)C)c7ccccc76)ccc5)ccc4c4ccccc43)cc2C(C)(C)C)c([2H])c1[2H].[Pt]. The Labute approximate surface area is 524 Å². The van der Waals surface area contributed by atoms with Crippen molar-refractivity contribution in [2.24, 2.45) is 0 Å². The molecule has 0 aliphatic heterocycles. The van der Waals surface area contributed by atoms with E-state index in [0.29, 0.717) is 44.7 Å². The fraction of sp³-hybridized carbons (Fsp3) is 0.108. The molecule has 0 N–H and O–H groups in total. The standard InChI is InChI=1S/C74H60N4OSi.Pt/c1-73(2,3)65-40-25-39-61(53-28-23-37-60(46-53)80(57-31-13-8-14-32-57,58-33-15-9-16-34-58)59-35-17-10-18-36-59)72(65)77-51-76(68-42-21-22-43-69(68)77)54-29-24-30-55(47-54)79-56-44-45-63-62-38-19-20-41-67(62)78(70(63)48-56)71-49-66(74(4,5)6)64(50-75-71)52-26-11-7-12-27-52;/h7-46,49-50H,1-6H3;/q-2;/i7D,8D,9D,10D,11D,12D,13D,14D,15D,16D,17D,18D,23D,26D,27D,28D,31D,32D,33D,34D,35D,36D,37D,46D;. The van der Waals surface area contributed by atoms with Gasteiger partial charge in [-0.25, -0.2) is 4.98 Å². The predicted molar refractivity (Wildman–Crippen MR) is 332 cm³/mol. The first-order valence-corrected chi connectivity index (χ1v) is 27.6. The number of ether oxygens (including phenoxy) is 1. The number of benzene rings is 10. The number of aromatic nitrogens is 4. The summed E-state index contributed by atoms with van der Waals surface area (Å²) in [6, 6.07) is 15.3. The Morgan fingerprint density at radius 2 is 1.10 bits per heavy atom. The Kier molecular flexibility index (Phi) is 8.45. The van der Waals surface area contributed by atoms with Crippen LogP contribution in [0.15, 0.2) is 254 Å². The van der Waals surface area contributed by atoms with E-state index in [4.69, 9.17) is 28.9 Å². The number of fused-ring (bicyclic) bond motifs is 4. The second kappa shape index (κ2) is 21.4. The number of imidazole rings is 1. The van der Waals surface area contributed by atoms with Crippen LogP contribution in [0.5, 0.6) is 11.5 Å². The third-order valence-corrected chi connectivity index (χ3v) is 18.0. The van der Waals surface area contributed by atoms with E-state index >= 15 is 0 Å². The van der Waals surface area contributed by atoms with E-state index in [1.165, 1.54) is 12.3 Å². The van der Waals surface area contributed by atoms with Gasteiger partial charge in [0.15, 0.2) is 8.07 Å². The summed E-state index contributed by atoms with van der Waals surface area (Å²) in [5, 5.41) is -2.12. The van der Waals surface area contributed by atoms with Crippen molar-refractivity contribution in [3.8, 4) is 50.9 Å². The maximum atomic E-state index is 10.7. The smallest absolute Gasteiger partial charge is 0.268 e. The van der Waals surface area contributed by atoms with Crippen molar-refractivity contribution < 1.29 is 63.3 Å². The molecule has 13 aromatic rings. The van der Waals surface area contributed by atoms with Crippen LogP contribution in [0.4, 0.5) is 0 Å². The number of rotatable bonds is 11. The summed E-state index contributed by atoms with van der Waals surface area (Å²) in [5.41, 5.74) is 2.56. The molecule has 0 fully saturated rings. The maximum Gasteiger partial charge on any atom is 0.268 e. The van der Waals surface area contributed by atoms with Gasteiger partial charge in [-0.2, -0.15) is 18.2 Å². The van der Waals surface area contributed by atoms with Crippen LogP contribution in [-0.2, 0) is 31.9 Å². The van der Waals surface area contributed by atoms with Gasteiger partial charge in [-0.05, 0) is 82.6 Å². The quantitative estimate of drug-likeness (QED) is 0.0560. The topological polar surface area (TPSA) is 35.9 Å². The molecule has 3 aromatic heterocycles. The van der Waals surface area contributed by atoms with E-state index < -0.39 is 178 Å². The molecule has 13 rings (SSSR count). The van der Waals surface area contributed by atoms with E-state index in [1.54, 1.807) is 69.8 Å². The second-order valence-corrected chi connectivity index (χ2v) is 24.5. The molecule has 398 valence electrons. The first-order valence-electron chi connectivity index (χ1n) is 37.6. The van der Waals surface area contributed by atoms with Crippen LogP contribution < -0.4 is 30.1 Å². The van der Waals surface area contributed by atoms with Crippen molar-refractivity contribution in [3.63, 3.8) is 0 Å². The molecule has 5 nitrogen and oxygen atoms in total. The van der Waals surface area contributed by atoms with Crippen LogP contribution in [0.1, 0.15) is 85.6 Å². The zero-order valence-electron chi connectivity index (χ0n) is 68.4. The normalized spacial score (nSPS) is 16.1. The molecular weight excluding hydrogens is 1180 g/mol. The first kappa shape index (κ1) is 31.9. The van der Waals surface area contributed by atoms with Crippen LogP contribution in [0.25, 0.3) is 72.3 Å². The predicted octanol–water partition coefficient (Wildman–Crippen LogP) is 14.9. The van der Waals surface area contributed by atoms with Crippen LogP contribution in [0.3, 0.4) is 0 Å². The summed E-state index contributed by atoms with van der Waals surface area (Å²) in [5.74, 6) is 0.942. The Bertz CT molecular complexity index is 5620. The third kappa shape index (κ3) is 9.56. The molecule has 0 radical (unpaired) electrons. The van der Waals surface area contributed by atoms with Gasteiger partial charge in [0.25, 0.3) is 6.33 Å². The number of nitrogens with zero attached hydrogens (tertiary/aromatic N) is 4. The van der Waals surface area contributed by atoms with E-state index in [1.807, 2.05) is 82.5 Å². The molecule has 0 saturated heterocycles. The van der Waals surface area contributed by atoms with E-state index in [0.717, 1.165) is 16.3 Å². The number of hydrogen-bond donors (Lipinski definition) is 0. The van der Waals surface area contributed by atoms with E-state index in [9.17, 15) is 13.7 Å². The van der Waals surface area contributed by atoms with Gasteiger partial charge in [0.2, 0.25) is 0 Å². The zero-order valence-corrected chi connectivity index (χ0v) is 47.7. The maximum absolute atomic E-state index is 10.7. The minimum absolute atomic E-state index is 0. The molecule has 10 aromatic carbocycles. The van der Waals surface area contributed by atoms with Crippen molar-refractivity contribution >= 4 is 61.7 Å². The summed E-state index contributed by atoms with van der Waals surface area (Å²) >= 11 is 0. The van der Waals surface area contributed by atoms with Crippen molar-refractivity contribution in [1.82, 2.24) is 14.1 Å². The van der Waals surface area contributed by atoms with Gasteiger partial charge < -0.3 is 13.9 Å². The van der Waals surface area contributed by atoms with E-state index in [-0.39, 0.29) is 61.5 Å². The molecule has 81 heavy (non-hydrogen) atoms. The molecule has 0 atom stereocenters. The van der Waals surface area contributed by atoms with Crippen LogP contribution in [-0.4, -0.2) is 22.2 Å². The van der Waals surface area contributed by atoms with Gasteiger partial charge in [0.05, 0.1) is 49.6 Å². The average Bonchev–Trinajstić information content (AvgIpc) is 1.18. The second-order valence-electron chi connectivity index (χ2n) is 21.0. The first-order chi connectivity index (χ1) is 48.9. The van der Waals surface area contributed by atoms with Gasteiger partial charge in [-0.15, -0.1) is 29.7 Å². The summed E-state index contributed by atoms with van der Waals surface area (Å²) in [6.45, 7) is 11.6. The molecule has 7 heteroatoms. The Morgan fingerprint density at radius 3 is 1.77 bits per heavy atom. The third-order valence-electron chi connectivity index (χ3n) is 14.0. The summed E-state index contributed by atoms with van der Waals surface area (Å²) in [6.07, 6.45) is 5.02. The molecule has 0 aliphatic rings. The molecule has 0 saturated carbocycles. The van der Waals surface area contributed by atoms with Gasteiger partial charge in [-0.1, -0.05) is 253 Å². The van der Waals surface area contributed by atoms with Crippen LogP contribution in [0, 0.1) is 18.5 Å². The summed E-state index contributed by atoms with van der Waals surface area (Å²) < 4.78 is 234. The molecule has 0 unspecified atom stereocenters. The average molecular weight is 1270 g/mol. The molecule has 0 amide bonds. The fourth-order valence-corrected chi connectivity index (χ4v) is 14.0. The minimum atomic E-state index is -6.20. The molecule has 0 aliphatic carbocycles. The Balaban J connectivity index is 0.0000104. The minimum Gasteiger partial charge on any atom is -0.510 e. The molecular formula is C74H60N4OPtSi-2. The fourth-order valence-electron chi connectivity index (χ4n) is 10.4. The van der Waals surface area contributed by atoms with Crippen LogP contribution >= 0.6 is 0 Å². The molecule has 3 heterocycles. The number of hydrogen-bond acceptors (Lipinski definition) is 2. The Morgan fingerprint density at radius 1 is 0.519 bits per heavy atom. The summed E-state index contributed by atoms with van der Waals surface area (Å²) in [4.78, 5) is 4.92. The number of para-hydroxylation sites is 4. The van der Waals surface area contributed by atoms with Gasteiger partial charge in [-0.3, -0.25) is 4.57 Å². The van der Waals surface area contributed by atoms with Crippen molar-refractivity contribution in [1.29, 1.82) is 0 Å².